The van der Waals surface area contributed by atoms with E-state index in [4.69, 9.17) is 4.42 Å². The molecule has 1 saturated heterocycles. The summed E-state index contributed by atoms with van der Waals surface area (Å²) in [5.41, 5.74) is 1.85. The Balaban J connectivity index is 1.29. The van der Waals surface area contributed by atoms with Gasteiger partial charge in [-0.15, -0.1) is 11.3 Å². The molecule has 8 heteroatoms. The lowest BCUT2D eigenvalue weighted by Gasteiger charge is -2.36. The zero-order chi connectivity index (χ0) is 22.1. The van der Waals surface area contributed by atoms with E-state index in [0.717, 1.165) is 49.2 Å². The summed E-state index contributed by atoms with van der Waals surface area (Å²) < 4.78 is 5.33. The Hall–Kier alpha value is -3.23. The molecule has 2 aliphatic rings. The van der Waals surface area contributed by atoms with Gasteiger partial charge in [0.25, 0.3) is 11.8 Å². The van der Waals surface area contributed by atoms with Crippen LogP contribution in [0.15, 0.2) is 58.7 Å². The number of nitrogens with zero attached hydrogens (tertiary/aromatic N) is 4. The van der Waals surface area contributed by atoms with Gasteiger partial charge in [0.15, 0.2) is 0 Å². The number of benzene rings is 1. The lowest BCUT2D eigenvalue weighted by Crippen LogP contribution is -2.46. The molecular formula is C24H24N4O3S. The van der Waals surface area contributed by atoms with E-state index >= 15 is 0 Å². The smallest absolute Gasteiger partial charge is 0.264 e. The highest BCUT2D eigenvalue weighted by molar-refractivity contribution is 7.09. The van der Waals surface area contributed by atoms with Gasteiger partial charge in [0.1, 0.15) is 10.8 Å². The van der Waals surface area contributed by atoms with Gasteiger partial charge in [0.05, 0.1) is 29.1 Å². The first-order valence-electron chi connectivity index (χ1n) is 10.7. The molecule has 2 aromatic heterocycles. The number of hydrogen-bond acceptors (Lipinski definition) is 7. The van der Waals surface area contributed by atoms with Gasteiger partial charge in [-0.2, -0.15) is 0 Å². The van der Waals surface area contributed by atoms with Gasteiger partial charge in [-0.3, -0.25) is 19.4 Å². The third-order valence-electron chi connectivity index (χ3n) is 6.02. The van der Waals surface area contributed by atoms with E-state index in [2.05, 4.69) is 20.9 Å². The first-order valence-corrected chi connectivity index (χ1v) is 11.6. The van der Waals surface area contributed by atoms with Crippen molar-refractivity contribution < 1.29 is 14.0 Å². The number of rotatable bonds is 6. The molecule has 32 heavy (non-hydrogen) atoms. The SMILES string of the molecule is CC(c1nccs1)N1C(=O)c2cccc(N3CCN(C/C=C/c4ccco4)CC3)c2C1=O. The maximum atomic E-state index is 13.4. The summed E-state index contributed by atoms with van der Waals surface area (Å²) in [5.74, 6) is 0.381. The van der Waals surface area contributed by atoms with Crippen molar-refractivity contribution in [3.63, 3.8) is 0 Å². The maximum Gasteiger partial charge on any atom is 0.264 e. The van der Waals surface area contributed by atoms with Crippen LogP contribution in [0, 0.1) is 0 Å². The number of amides is 2. The van der Waals surface area contributed by atoms with Crippen molar-refractivity contribution in [3.8, 4) is 0 Å². The van der Waals surface area contributed by atoms with Crippen LogP contribution in [0.3, 0.4) is 0 Å². The van der Waals surface area contributed by atoms with Crippen LogP contribution in [0.5, 0.6) is 0 Å². The molecule has 0 bridgehead atoms. The summed E-state index contributed by atoms with van der Waals surface area (Å²) >= 11 is 1.45. The molecule has 4 heterocycles. The van der Waals surface area contributed by atoms with E-state index in [1.54, 1.807) is 18.5 Å². The van der Waals surface area contributed by atoms with Crippen molar-refractivity contribution in [2.75, 3.05) is 37.6 Å². The second-order valence-electron chi connectivity index (χ2n) is 7.93. The second-order valence-corrected chi connectivity index (χ2v) is 8.86. The molecule has 0 N–H and O–H groups in total. The topological polar surface area (TPSA) is 69.9 Å². The molecule has 1 aromatic carbocycles. The fourth-order valence-electron chi connectivity index (χ4n) is 4.33. The molecule has 2 aliphatic heterocycles. The Morgan fingerprint density at radius 3 is 2.69 bits per heavy atom. The van der Waals surface area contributed by atoms with Crippen LogP contribution < -0.4 is 4.90 Å². The number of anilines is 1. The molecule has 3 aromatic rings. The molecule has 1 unspecified atom stereocenters. The van der Waals surface area contributed by atoms with Crippen molar-refractivity contribution in [1.29, 1.82) is 0 Å². The molecule has 0 radical (unpaired) electrons. The third kappa shape index (κ3) is 3.76. The first-order chi connectivity index (χ1) is 15.6. The summed E-state index contributed by atoms with van der Waals surface area (Å²) in [5, 5.41) is 2.62. The van der Waals surface area contributed by atoms with Gasteiger partial charge in [0, 0.05) is 44.3 Å². The van der Waals surface area contributed by atoms with Crippen molar-refractivity contribution >= 4 is 34.9 Å². The Labute approximate surface area is 190 Å². The third-order valence-corrected chi connectivity index (χ3v) is 6.97. The Kier molecular flexibility index (Phi) is 5.63. The van der Waals surface area contributed by atoms with E-state index in [-0.39, 0.29) is 17.9 Å². The van der Waals surface area contributed by atoms with Gasteiger partial charge in [-0.25, -0.2) is 4.98 Å². The minimum absolute atomic E-state index is 0.230. The molecule has 1 fully saturated rings. The van der Waals surface area contributed by atoms with Gasteiger partial charge in [0.2, 0.25) is 0 Å². The zero-order valence-corrected chi connectivity index (χ0v) is 18.6. The fraction of sp³-hybridized carbons (Fsp3) is 0.292. The van der Waals surface area contributed by atoms with Crippen LogP contribution in [-0.2, 0) is 0 Å². The van der Waals surface area contributed by atoms with Crippen LogP contribution in [0.4, 0.5) is 5.69 Å². The summed E-state index contributed by atoms with van der Waals surface area (Å²) in [4.78, 5) is 36.7. The molecule has 0 aliphatic carbocycles. The number of furan rings is 1. The van der Waals surface area contributed by atoms with Gasteiger partial charge in [-0.1, -0.05) is 12.1 Å². The van der Waals surface area contributed by atoms with Crippen LogP contribution in [0.1, 0.15) is 44.4 Å². The van der Waals surface area contributed by atoms with Gasteiger partial charge >= 0.3 is 0 Å². The number of piperazine rings is 1. The number of imide groups is 1. The number of hydrogen-bond donors (Lipinski definition) is 0. The van der Waals surface area contributed by atoms with E-state index in [0.29, 0.717) is 11.1 Å². The molecule has 0 spiro atoms. The first kappa shape index (κ1) is 20.7. The summed E-state index contributed by atoms with van der Waals surface area (Å²) in [7, 11) is 0. The van der Waals surface area contributed by atoms with E-state index in [1.165, 1.54) is 16.2 Å². The summed E-state index contributed by atoms with van der Waals surface area (Å²) in [6.45, 7) is 6.07. The Morgan fingerprint density at radius 2 is 1.97 bits per heavy atom. The lowest BCUT2D eigenvalue weighted by atomic mass is 10.1. The van der Waals surface area contributed by atoms with Crippen LogP contribution in [0.2, 0.25) is 0 Å². The van der Waals surface area contributed by atoms with E-state index < -0.39 is 0 Å². The Bertz CT molecular complexity index is 1130. The predicted octanol–water partition coefficient (Wildman–Crippen LogP) is 3.93. The molecule has 0 saturated carbocycles. The highest BCUT2D eigenvalue weighted by Crippen LogP contribution is 2.37. The van der Waals surface area contributed by atoms with E-state index in [1.807, 2.05) is 42.6 Å². The fourth-order valence-corrected chi connectivity index (χ4v) is 5.01. The molecule has 164 valence electrons. The lowest BCUT2D eigenvalue weighted by molar-refractivity contribution is 0.0595. The van der Waals surface area contributed by atoms with Crippen LogP contribution in [0.25, 0.3) is 6.08 Å². The number of thiazole rings is 1. The highest BCUT2D eigenvalue weighted by Gasteiger charge is 2.42. The normalized spacial score (nSPS) is 18.0. The quantitative estimate of drug-likeness (QED) is 0.532. The summed E-state index contributed by atoms with van der Waals surface area (Å²) in [6, 6.07) is 9.00. The average molecular weight is 449 g/mol. The number of fused-ring (bicyclic) bond motifs is 1. The average Bonchev–Trinajstić information content (AvgIpc) is 3.57. The monoisotopic (exact) mass is 448 g/mol. The number of carbonyl (C=O) groups is 2. The molecule has 2 amide bonds. The van der Waals surface area contributed by atoms with Gasteiger partial charge in [-0.05, 0) is 37.3 Å². The standard InChI is InChI=1S/C24H24N4O3S/c1-17(22-25-9-16-32-22)28-23(29)19-7-2-8-20(21(19)24(28)30)27-13-11-26(12-14-27)10-3-5-18-6-4-15-31-18/h2-9,15-17H,10-14H2,1H3/b5-3+. The predicted molar refractivity (Wildman–Crippen MR) is 124 cm³/mol. The highest BCUT2D eigenvalue weighted by atomic mass is 32.1. The largest absolute Gasteiger partial charge is 0.465 e. The van der Waals surface area contributed by atoms with Gasteiger partial charge < -0.3 is 9.32 Å². The van der Waals surface area contributed by atoms with Crippen molar-refractivity contribution in [2.24, 2.45) is 0 Å². The molecule has 7 nitrogen and oxygen atoms in total. The minimum Gasteiger partial charge on any atom is -0.465 e. The van der Waals surface area contributed by atoms with Crippen molar-refractivity contribution in [1.82, 2.24) is 14.8 Å². The van der Waals surface area contributed by atoms with Crippen molar-refractivity contribution in [2.45, 2.75) is 13.0 Å². The molecular weight excluding hydrogens is 424 g/mol. The van der Waals surface area contributed by atoms with Crippen LogP contribution in [-0.4, -0.2) is 59.3 Å². The number of aromatic nitrogens is 1. The maximum absolute atomic E-state index is 13.4. The van der Waals surface area contributed by atoms with E-state index in [9.17, 15) is 9.59 Å². The minimum atomic E-state index is -0.381. The Morgan fingerprint density at radius 1 is 1.12 bits per heavy atom. The zero-order valence-electron chi connectivity index (χ0n) is 17.8. The summed E-state index contributed by atoms with van der Waals surface area (Å²) in [6.07, 6.45) is 7.46. The second kappa shape index (κ2) is 8.72. The van der Waals surface area contributed by atoms with Crippen molar-refractivity contribution in [3.05, 3.63) is 76.1 Å². The number of carbonyl (C=O) groups excluding carboxylic acids is 2. The molecule has 1 atom stereocenters. The van der Waals surface area contributed by atoms with Crippen LogP contribution >= 0.6 is 11.3 Å². The molecule has 5 rings (SSSR count).